The van der Waals surface area contributed by atoms with Crippen LogP contribution in [-0.4, -0.2) is 126 Å². The Morgan fingerprint density at radius 3 is 1.17 bits per heavy atom. The van der Waals surface area contributed by atoms with Gasteiger partial charge in [0.1, 0.15) is 42.9 Å². The minimum atomic E-state index is 0.0384. The fourth-order valence-electron chi connectivity index (χ4n) is 14.5. The van der Waals surface area contributed by atoms with Crippen molar-refractivity contribution in [2.45, 2.75) is 81.8 Å². The van der Waals surface area contributed by atoms with Crippen molar-refractivity contribution < 1.29 is 33.4 Å². The van der Waals surface area contributed by atoms with Crippen molar-refractivity contribution in [1.29, 1.82) is 0 Å². The molecule has 132 heavy (non-hydrogen) atoms. The quantitative estimate of drug-likeness (QED) is 0.0225. The molecule has 0 bridgehead atoms. The van der Waals surface area contributed by atoms with E-state index in [0.717, 1.165) is 141 Å². The topological polar surface area (TPSA) is 365 Å². The van der Waals surface area contributed by atoms with Crippen LogP contribution in [0.4, 0.5) is 0 Å². The summed E-state index contributed by atoms with van der Waals surface area (Å²) in [7, 11) is 0. The highest BCUT2D eigenvalue weighted by atomic mass is 32.2. The van der Waals surface area contributed by atoms with E-state index in [-0.39, 0.29) is 23.1 Å². The molecule has 8 heterocycles. The lowest BCUT2D eigenvalue weighted by Gasteiger charge is -2.09. The first-order valence-corrected chi connectivity index (χ1v) is 43.6. The molecular weight excluding hydrogens is 1670 g/mol. The summed E-state index contributed by atoms with van der Waals surface area (Å²) in [5.74, 6) is 5.64. The highest BCUT2D eigenvalue weighted by molar-refractivity contribution is 7.98. The first-order valence-electron chi connectivity index (χ1n) is 42.6. The lowest BCUT2D eigenvalue weighted by Crippen LogP contribution is -2.05. The fourth-order valence-corrected chi connectivity index (χ4v) is 15.4. The number of Topliss-reactive ketones (excluding diaryl/α,β-unsaturated/α-hetero) is 4. The molecule has 0 radical (unpaired) electrons. The summed E-state index contributed by atoms with van der Waals surface area (Å²) >= 11 is 1.68. The second kappa shape index (κ2) is 43.5. The molecule has 0 aliphatic rings. The number of carbonyl (C=O) groups excluding carboxylic acids is 4. The molecule has 0 aliphatic heterocycles. The van der Waals surface area contributed by atoms with Gasteiger partial charge < -0.3 is 14.2 Å². The molecule has 8 aromatic heterocycles. The SMILES string of the molecule is O=C(Cc1ccc(-c2nnn[nH]2)cc1)c1ccc(OCc2ccc3ccccc3n2)cc1.O=C(Cc1ccc(CCCc2nnn[nH]2)cc1)c1cccc(OCc2ccc3ccccc3n2)c1.O=C(Cc1ccc(Cc2nnn[nH]2)cc1)c1cccc(OCc2ccc3ccccc3n2)c1.O=C(Cc1cccc(-c2nnn[nH]2)c1)c1cccc(SCc2ccc3ccccc3n2)c1. The Morgan fingerprint density at radius 2 is 0.682 bits per heavy atom. The van der Waals surface area contributed by atoms with Gasteiger partial charge in [0.2, 0.25) is 0 Å². The number of rotatable bonds is 32. The maximum atomic E-state index is 12.9. The first kappa shape index (κ1) is 87.1. The van der Waals surface area contributed by atoms with Crippen molar-refractivity contribution >= 4 is 78.5 Å². The minimum absolute atomic E-state index is 0.0384. The van der Waals surface area contributed by atoms with Gasteiger partial charge in [0.05, 0.1) is 44.8 Å². The molecule has 4 N–H and O–H groups in total. The van der Waals surface area contributed by atoms with Crippen LogP contribution in [0.3, 0.4) is 0 Å². The molecular formula is C104H84N20O7S. The third-order valence-corrected chi connectivity index (χ3v) is 22.5. The summed E-state index contributed by atoms with van der Waals surface area (Å²) in [4.78, 5) is 70.9. The molecule has 12 aromatic carbocycles. The van der Waals surface area contributed by atoms with Crippen molar-refractivity contribution in [1.82, 2.24) is 102 Å². The number of thioether (sulfide) groups is 1. The van der Waals surface area contributed by atoms with Crippen LogP contribution < -0.4 is 14.2 Å². The number of fused-ring (bicyclic) bond motifs is 4. The van der Waals surface area contributed by atoms with Crippen LogP contribution in [0, 0.1) is 0 Å². The number of aryl methyl sites for hydroxylation is 2. The van der Waals surface area contributed by atoms with Crippen molar-refractivity contribution in [3.63, 3.8) is 0 Å². The van der Waals surface area contributed by atoms with Gasteiger partial charge in [-0.25, -0.2) is 35.3 Å². The number of pyridine rings is 4. The van der Waals surface area contributed by atoms with E-state index in [4.69, 9.17) is 19.2 Å². The Labute approximate surface area is 761 Å². The van der Waals surface area contributed by atoms with Crippen molar-refractivity contribution in [2.75, 3.05) is 0 Å². The van der Waals surface area contributed by atoms with E-state index < -0.39 is 0 Å². The largest absolute Gasteiger partial charge is 0.487 e. The van der Waals surface area contributed by atoms with E-state index in [1.165, 1.54) is 5.56 Å². The number of tetrazole rings is 4. The molecule has 20 rings (SSSR count). The van der Waals surface area contributed by atoms with Crippen LogP contribution in [0.5, 0.6) is 17.2 Å². The van der Waals surface area contributed by atoms with Gasteiger partial charge in [-0.15, -0.1) is 32.2 Å². The Hall–Kier alpha value is -17.0. The lowest BCUT2D eigenvalue weighted by molar-refractivity contribution is 0.0984. The average molecular weight is 1760 g/mol. The summed E-state index contributed by atoms with van der Waals surface area (Å²) in [5.41, 5.74) is 17.8. The number of hydrogen-bond acceptors (Lipinski definition) is 24. The van der Waals surface area contributed by atoms with Crippen LogP contribution >= 0.6 is 11.8 Å². The molecule has 0 fully saturated rings. The van der Waals surface area contributed by atoms with Crippen molar-refractivity contribution in [2.24, 2.45) is 0 Å². The van der Waals surface area contributed by atoms with Gasteiger partial charge >= 0.3 is 0 Å². The molecule has 0 aliphatic carbocycles. The monoisotopic (exact) mass is 1760 g/mol. The molecule has 28 heteroatoms. The van der Waals surface area contributed by atoms with Gasteiger partial charge in [-0.3, -0.25) is 24.2 Å². The Morgan fingerprint density at radius 1 is 0.280 bits per heavy atom. The predicted octanol–water partition coefficient (Wildman–Crippen LogP) is 18.8. The number of aromatic amines is 4. The number of aromatic nitrogens is 20. The van der Waals surface area contributed by atoms with Crippen molar-refractivity contribution in [3.05, 3.63) is 430 Å². The fraction of sp³-hybridized carbons (Fsp3) is 0.115. The number of ketones is 4. The van der Waals surface area contributed by atoms with Gasteiger partial charge in [0.15, 0.2) is 40.6 Å². The van der Waals surface area contributed by atoms with E-state index in [1.807, 2.05) is 285 Å². The summed E-state index contributed by atoms with van der Waals surface area (Å²) in [6, 6.07) is 109. The average Bonchev–Trinajstić information content (AvgIpc) is 1.01. The maximum absolute atomic E-state index is 12.9. The summed E-state index contributed by atoms with van der Waals surface area (Å²) in [5, 5.41) is 59.7. The second-order valence-electron chi connectivity index (χ2n) is 30.9. The van der Waals surface area contributed by atoms with Crippen LogP contribution in [0.25, 0.3) is 66.4 Å². The van der Waals surface area contributed by atoms with Gasteiger partial charge in [0.25, 0.3) is 0 Å². The van der Waals surface area contributed by atoms with Crippen LogP contribution in [0.1, 0.15) is 116 Å². The first-order chi connectivity index (χ1) is 64.9. The molecule has 0 saturated carbocycles. The van der Waals surface area contributed by atoms with E-state index in [9.17, 15) is 19.2 Å². The van der Waals surface area contributed by atoms with Crippen molar-refractivity contribution in [3.8, 4) is 40.0 Å². The number of benzene rings is 12. The zero-order chi connectivity index (χ0) is 89.8. The zero-order valence-electron chi connectivity index (χ0n) is 71.2. The zero-order valence-corrected chi connectivity index (χ0v) is 72.1. The highest BCUT2D eigenvalue weighted by Gasteiger charge is 2.17. The number of H-pyrrole nitrogens is 4. The minimum Gasteiger partial charge on any atom is -0.487 e. The summed E-state index contributed by atoms with van der Waals surface area (Å²) in [6.07, 6.45) is 4.61. The van der Waals surface area contributed by atoms with Crippen LogP contribution in [0.15, 0.2) is 345 Å². The number of hydrogen-bond donors (Lipinski definition) is 4. The number of ether oxygens (including phenoxy) is 3. The maximum Gasteiger partial charge on any atom is 0.179 e. The molecule has 0 unspecified atom stereocenters. The van der Waals surface area contributed by atoms with E-state index in [2.05, 4.69) is 128 Å². The number of nitrogens with zero attached hydrogens (tertiary/aromatic N) is 16. The Balaban J connectivity index is 0.000000123. The number of carbonyl (C=O) groups is 4. The highest BCUT2D eigenvalue weighted by Crippen LogP contribution is 2.29. The van der Waals surface area contributed by atoms with E-state index in [0.29, 0.717) is 109 Å². The summed E-state index contributed by atoms with van der Waals surface area (Å²) < 4.78 is 17.7. The molecule has 0 saturated heterocycles. The molecule has 0 amide bonds. The lowest BCUT2D eigenvalue weighted by atomic mass is 10.0. The smallest absolute Gasteiger partial charge is 0.179 e. The third kappa shape index (κ3) is 24.4. The van der Waals surface area contributed by atoms with Crippen LogP contribution in [-0.2, 0) is 70.5 Å². The van der Waals surface area contributed by atoms with E-state index >= 15 is 0 Å². The second-order valence-corrected chi connectivity index (χ2v) is 31.9. The predicted molar refractivity (Wildman–Crippen MR) is 503 cm³/mol. The standard InChI is InChI=1S/C28H25N5O2.C26H21N5O2.C25H19N5O2.C25H19N5OS/c34-27(17-21-13-11-20(12-14-21)5-3-10-28-30-32-33-31-28)23-7-4-8-25(18-23)35-19-24-16-15-22-6-1-2-9-26(22)29-24;32-25(14-18-8-10-19(11-9-18)15-26-28-30-31-29-26)21-5-3-6-23(16-21)33-17-22-13-12-20-4-1-2-7-24(20)27-22;31-24(15-17-5-7-20(8-6-17)25-27-29-30-28-25)19-10-13-22(14-11-19)32-16-21-12-9-18-3-1-2-4-23(18)26-21;31-24(14-17-5-3-8-20(13-17)25-27-29-30-28-25)19-7-4-9-22(15-19)32-16-21-12-11-18-6-1-2-10-23(18)26-21/h1-2,4,6-9,11-16,18H,3,5,10,17,19H2,(H,30,31,32,33);1-13,16H,14-15,17H2,(H,28,29,30,31);1-14H,15-16H2,(H,27,28,29,30);1-13,15H,14,16H2,(H,27,28,29,30). The third-order valence-electron chi connectivity index (χ3n) is 21.5. The molecule has 27 nitrogen and oxygen atoms in total. The molecule has 648 valence electrons. The molecule has 20 aromatic rings. The van der Waals surface area contributed by atoms with Gasteiger partial charge in [-0.2, -0.15) is 0 Å². The molecule has 0 atom stereocenters. The number of para-hydroxylation sites is 4. The van der Waals surface area contributed by atoms with Crippen LogP contribution in [0.2, 0.25) is 0 Å². The normalized spacial score (nSPS) is 10.9. The number of nitrogens with one attached hydrogen (secondary N) is 4. The van der Waals surface area contributed by atoms with Gasteiger partial charge in [-0.1, -0.05) is 224 Å². The Bertz CT molecular complexity index is 7260. The van der Waals surface area contributed by atoms with Gasteiger partial charge in [0, 0.05) is 104 Å². The Kier molecular flexibility index (Phi) is 28.7. The summed E-state index contributed by atoms with van der Waals surface area (Å²) in [6.45, 7) is 1.05. The van der Waals surface area contributed by atoms with E-state index in [1.54, 1.807) is 36.0 Å². The molecule has 0 spiro atoms. The van der Waals surface area contributed by atoms with Gasteiger partial charge in [-0.05, 0) is 203 Å².